The Kier molecular flexibility index (Phi) is 5.62. The highest BCUT2D eigenvalue weighted by atomic mass is 35.5. The van der Waals surface area contributed by atoms with Crippen LogP contribution < -0.4 is 5.32 Å². The Morgan fingerprint density at radius 1 is 1.47 bits per heavy atom. The standard InChI is InChI=1S/C10H15ClN4O2/c1-2-3-4-5-6-12-9-8(15(16)17)7-13-10(11)14-9/h7H,2-6H2,1H3,(H,12,13,14). The van der Waals surface area contributed by atoms with Crippen molar-refractivity contribution in [1.29, 1.82) is 0 Å². The van der Waals surface area contributed by atoms with E-state index in [0.29, 0.717) is 6.54 Å². The fraction of sp³-hybridized carbons (Fsp3) is 0.600. The van der Waals surface area contributed by atoms with Crippen LogP contribution in [0.1, 0.15) is 32.6 Å². The minimum Gasteiger partial charge on any atom is -0.364 e. The van der Waals surface area contributed by atoms with Gasteiger partial charge in [-0.2, -0.15) is 4.98 Å². The third kappa shape index (κ3) is 4.52. The Labute approximate surface area is 105 Å². The third-order valence-corrected chi connectivity index (χ3v) is 2.44. The minimum atomic E-state index is -0.523. The third-order valence-electron chi connectivity index (χ3n) is 2.26. The number of nitro groups is 1. The average Bonchev–Trinajstić information content (AvgIpc) is 2.28. The van der Waals surface area contributed by atoms with Crippen molar-refractivity contribution >= 4 is 23.1 Å². The Morgan fingerprint density at radius 3 is 2.88 bits per heavy atom. The molecule has 0 spiro atoms. The van der Waals surface area contributed by atoms with Crippen molar-refractivity contribution in [2.45, 2.75) is 32.6 Å². The van der Waals surface area contributed by atoms with Gasteiger partial charge >= 0.3 is 5.69 Å². The topological polar surface area (TPSA) is 81.0 Å². The Balaban J connectivity index is 2.56. The highest BCUT2D eigenvalue weighted by Crippen LogP contribution is 2.21. The summed E-state index contributed by atoms with van der Waals surface area (Å²) in [4.78, 5) is 17.6. The van der Waals surface area contributed by atoms with Gasteiger partial charge < -0.3 is 5.32 Å². The summed E-state index contributed by atoms with van der Waals surface area (Å²) >= 11 is 5.60. The average molecular weight is 259 g/mol. The lowest BCUT2D eigenvalue weighted by Crippen LogP contribution is -2.07. The van der Waals surface area contributed by atoms with Gasteiger partial charge in [-0.15, -0.1) is 0 Å². The van der Waals surface area contributed by atoms with E-state index < -0.39 is 4.92 Å². The van der Waals surface area contributed by atoms with Gasteiger partial charge in [0.15, 0.2) is 0 Å². The van der Waals surface area contributed by atoms with Crippen molar-refractivity contribution in [2.75, 3.05) is 11.9 Å². The molecule has 0 bridgehead atoms. The van der Waals surface area contributed by atoms with Gasteiger partial charge in [-0.25, -0.2) is 4.98 Å². The summed E-state index contributed by atoms with van der Waals surface area (Å²) in [5, 5.41) is 13.6. The van der Waals surface area contributed by atoms with Crippen molar-refractivity contribution in [3.05, 3.63) is 21.6 Å². The number of anilines is 1. The van der Waals surface area contributed by atoms with Gasteiger partial charge in [0, 0.05) is 6.54 Å². The maximum absolute atomic E-state index is 10.7. The lowest BCUT2D eigenvalue weighted by molar-refractivity contribution is -0.384. The predicted octanol–water partition coefficient (Wildman–Crippen LogP) is 3.03. The second kappa shape index (κ2) is 7.01. The predicted molar refractivity (Wildman–Crippen MR) is 66.3 cm³/mol. The molecular formula is C10H15ClN4O2. The molecule has 0 aliphatic rings. The largest absolute Gasteiger partial charge is 0.364 e. The Hall–Kier alpha value is -1.43. The van der Waals surface area contributed by atoms with Crippen LogP contribution in [0.15, 0.2) is 6.20 Å². The summed E-state index contributed by atoms with van der Waals surface area (Å²) in [5.74, 6) is 0.187. The molecule has 0 aliphatic carbocycles. The lowest BCUT2D eigenvalue weighted by atomic mass is 10.2. The summed E-state index contributed by atoms with van der Waals surface area (Å²) in [6.45, 7) is 2.77. The monoisotopic (exact) mass is 258 g/mol. The van der Waals surface area contributed by atoms with E-state index in [1.165, 1.54) is 0 Å². The maximum atomic E-state index is 10.7. The summed E-state index contributed by atoms with van der Waals surface area (Å²) < 4.78 is 0. The van der Waals surface area contributed by atoms with Gasteiger partial charge in [-0.3, -0.25) is 10.1 Å². The van der Waals surface area contributed by atoms with Crippen LogP contribution in [0.3, 0.4) is 0 Å². The second-order valence-corrected chi connectivity index (χ2v) is 3.96. The van der Waals surface area contributed by atoms with E-state index in [1.807, 2.05) is 0 Å². The molecule has 0 fully saturated rings. The zero-order valence-electron chi connectivity index (χ0n) is 9.65. The zero-order chi connectivity index (χ0) is 12.7. The fourth-order valence-corrected chi connectivity index (χ4v) is 1.51. The number of aromatic nitrogens is 2. The molecule has 0 amide bonds. The van der Waals surface area contributed by atoms with E-state index in [-0.39, 0.29) is 16.8 Å². The van der Waals surface area contributed by atoms with Crippen LogP contribution in [0.4, 0.5) is 11.5 Å². The highest BCUT2D eigenvalue weighted by Gasteiger charge is 2.15. The van der Waals surface area contributed by atoms with E-state index in [1.54, 1.807) is 0 Å². The van der Waals surface area contributed by atoms with Crippen LogP contribution in [0, 0.1) is 10.1 Å². The van der Waals surface area contributed by atoms with E-state index in [9.17, 15) is 10.1 Å². The van der Waals surface area contributed by atoms with Crippen molar-refractivity contribution in [2.24, 2.45) is 0 Å². The molecule has 0 unspecified atom stereocenters. The molecule has 1 N–H and O–H groups in total. The zero-order valence-corrected chi connectivity index (χ0v) is 10.4. The van der Waals surface area contributed by atoms with Gasteiger partial charge in [-0.1, -0.05) is 26.2 Å². The Morgan fingerprint density at radius 2 is 2.24 bits per heavy atom. The molecule has 0 aliphatic heterocycles. The molecule has 0 atom stereocenters. The molecule has 1 rings (SSSR count). The van der Waals surface area contributed by atoms with Crippen LogP contribution in [0.5, 0.6) is 0 Å². The minimum absolute atomic E-state index is 0.00616. The first kappa shape index (κ1) is 13.6. The van der Waals surface area contributed by atoms with E-state index in [2.05, 4.69) is 22.2 Å². The number of nitrogens with zero attached hydrogens (tertiary/aromatic N) is 3. The van der Waals surface area contributed by atoms with Crippen LogP contribution in [-0.2, 0) is 0 Å². The molecule has 17 heavy (non-hydrogen) atoms. The number of rotatable bonds is 7. The molecule has 6 nitrogen and oxygen atoms in total. The quantitative estimate of drug-likeness (QED) is 0.352. The highest BCUT2D eigenvalue weighted by molar-refractivity contribution is 6.28. The maximum Gasteiger partial charge on any atom is 0.329 e. The molecule has 0 saturated heterocycles. The van der Waals surface area contributed by atoms with Crippen LogP contribution in [0.2, 0.25) is 5.28 Å². The van der Waals surface area contributed by atoms with Crippen molar-refractivity contribution < 1.29 is 4.92 Å². The fourth-order valence-electron chi connectivity index (χ4n) is 1.38. The molecule has 1 aromatic rings. The van der Waals surface area contributed by atoms with E-state index >= 15 is 0 Å². The summed E-state index contributed by atoms with van der Waals surface area (Å²) in [6, 6.07) is 0. The van der Waals surface area contributed by atoms with Crippen molar-refractivity contribution in [3.8, 4) is 0 Å². The number of nitrogens with one attached hydrogen (secondary N) is 1. The number of unbranched alkanes of at least 4 members (excludes halogenated alkanes) is 3. The van der Waals surface area contributed by atoms with Crippen LogP contribution >= 0.6 is 11.6 Å². The SMILES string of the molecule is CCCCCCNc1nc(Cl)ncc1[N+](=O)[O-]. The molecular weight excluding hydrogens is 244 g/mol. The number of hydrogen-bond donors (Lipinski definition) is 1. The first-order chi connectivity index (χ1) is 8.15. The van der Waals surface area contributed by atoms with Gasteiger partial charge in [0.2, 0.25) is 11.1 Å². The summed E-state index contributed by atoms with van der Waals surface area (Å²) in [7, 11) is 0. The molecule has 1 heterocycles. The molecule has 0 aromatic carbocycles. The van der Waals surface area contributed by atoms with Gasteiger partial charge in [-0.05, 0) is 18.0 Å². The smallest absolute Gasteiger partial charge is 0.329 e. The molecule has 1 aromatic heterocycles. The second-order valence-electron chi connectivity index (χ2n) is 3.62. The van der Waals surface area contributed by atoms with E-state index in [0.717, 1.165) is 31.9 Å². The van der Waals surface area contributed by atoms with Gasteiger partial charge in [0.25, 0.3) is 0 Å². The van der Waals surface area contributed by atoms with Crippen molar-refractivity contribution in [1.82, 2.24) is 9.97 Å². The van der Waals surface area contributed by atoms with Gasteiger partial charge in [0.1, 0.15) is 6.20 Å². The summed E-state index contributed by atoms with van der Waals surface area (Å²) in [6.07, 6.45) is 5.47. The van der Waals surface area contributed by atoms with Gasteiger partial charge in [0.05, 0.1) is 4.92 Å². The lowest BCUT2D eigenvalue weighted by Gasteiger charge is -2.05. The first-order valence-corrected chi connectivity index (χ1v) is 5.93. The molecule has 0 radical (unpaired) electrons. The molecule has 7 heteroatoms. The van der Waals surface area contributed by atoms with E-state index in [4.69, 9.17) is 11.6 Å². The first-order valence-electron chi connectivity index (χ1n) is 5.56. The summed E-state index contributed by atoms with van der Waals surface area (Å²) in [5.41, 5.74) is -0.148. The van der Waals surface area contributed by atoms with Crippen molar-refractivity contribution in [3.63, 3.8) is 0 Å². The van der Waals surface area contributed by atoms with Crippen LogP contribution in [-0.4, -0.2) is 21.4 Å². The van der Waals surface area contributed by atoms with Crippen LogP contribution in [0.25, 0.3) is 0 Å². The molecule has 94 valence electrons. The normalized spacial score (nSPS) is 10.2. The number of halogens is 1. The number of hydrogen-bond acceptors (Lipinski definition) is 5. The Bertz CT molecular complexity index is 387. The molecule has 0 saturated carbocycles.